The second kappa shape index (κ2) is 5.27. The van der Waals surface area contributed by atoms with Crippen LogP contribution in [0.1, 0.15) is 0 Å². The van der Waals surface area contributed by atoms with Crippen molar-refractivity contribution >= 4 is 38.9 Å². The van der Waals surface area contributed by atoms with Crippen LogP contribution in [-0.2, 0) is 0 Å². The zero-order valence-corrected chi connectivity index (χ0v) is 10.3. The van der Waals surface area contributed by atoms with Gasteiger partial charge in [0.15, 0.2) is 0 Å². The molecule has 86 valence electrons. The van der Waals surface area contributed by atoms with Gasteiger partial charge in [-0.25, -0.2) is 4.39 Å². The van der Waals surface area contributed by atoms with E-state index in [4.69, 9.17) is 11.6 Å². The van der Waals surface area contributed by atoms with Crippen LogP contribution in [0.4, 0.5) is 15.8 Å². The van der Waals surface area contributed by atoms with Crippen LogP contribution < -0.4 is 5.32 Å². The lowest BCUT2D eigenvalue weighted by Crippen LogP contribution is -2.04. The Kier molecular flexibility index (Phi) is 4.26. The first-order chi connectivity index (χ1) is 7.41. The minimum absolute atomic E-state index is 0.150. The fraction of sp³-hybridized carbons (Fsp3) is 0.111. The quantitative estimate of drug-likeness (QED) is 0.681. The van der Waals surface area contributed by atoms with Crippen LogP contribution >= 0.6 is 27.5 Å². The number of nitro benzene ring substituents is 1. The summed E-state index contributed by atoms with van der Waals surface area (Å²) in [6, 6.07) is 1.95. The summed E-state index contributed by atoms with van der Waals surface area (Å²) in [4.78, 5) is 9.97. The van der Waals surface area contributed by atoms with Crippen molar-refractivity contribution in [3.8, 4) is 0 Å². The summed E-state index contributed by atoms with van der Waals surface area (Å²) in [7, 11) is 0. The van der Waals surface area contributed by atoms with E-state index in [1.54, 1.807) is 0 Å². The van der Waals surface area contributed by atoms with Crippen molar-refractivity contribution < 1.29 is 9.31 Å². The van der Waals surface area contributed by atoms with E-state index in [-0.39, 0.29) is 22.9 Å². The van der Waals surface area contributed by atoms with E-state index in [2.05, 4.69) is 27.8 Å². The molecule has 1 aromatic rings. The van der Waals surface area contributed by atoms with Crippen molar-refractivity contribution in [2.24, 2.45) is 0 Å². The Morgan fingerprint density at radius 1 is 1.69 bits per heavy atom. The fourth-order valence-corrected chi connectivity index (χ4v) is 1.32. The summed E-state index contributed by atoms with van der Waals surface area (Å²) >= 11 is 8.63. The topological polar surface area (TPSA) is 55.2 Å². The van der Waals surface area contributed by atoms with Gasteiger partial charge in [0.1, 0.15) is 11.5 Å². The maximum absolute atomic E-state index is 13.0. The van der Waals surface area contributed by atoms with Crippen molar-refractivity contribution in [1.29, 1.82) is 0 Å². The number of nitro groups is 1. The van der Waals surface area contributed by atoms with E-state index in [1.807, 2.05) is 0 Å². The zero-order chi connectivity index (χ0) is 12.3. The van der Waals surface area contributed by atoms with Crippen LogP contribution in [0.15, 0.2) is 23.2 Å². The Morgan fingerprint density at radius 2 is 2.31 bits per heavy atom. The van der Waals surface area contributed by atoms with Gasteiger partial charge in [0, 0.05) is 11.0 Å². The predicted octanol–water partition coefficient (Wildman–Crippen LogP) is 3.71. The Balaban J connectivity index is 3.09. The highest BCUT2D eigenvalue weighted by Gasteiger charge is 2.17. The summed E-state index contributed by atoms with van der Waals surface area (Å²) in [5, 5.41) is 13.2. The SMILES string of the molecule is C=C(Br)CNc1cc(Cl)c(F)cc1[N+](=O)[O-]. The molecule has 0 radical (unpaired) electrons. The number of anilines is 1. The molecule has 0 aliphatic rings. The van der Waals surface area contributed by atoms with Crippen molar-refractivity contribution in [1.82, 2.24) is 0 Å². The number of nitrogens with zero attached hydrogens (tertiary/aromatic N) is 1. The largest absolute Gasteiger partial charge is 0.375 e. The third kappa shape index (κ3) is 3.18. The van der Waals surface area contributed by atoms with Gasteiger partial charge in [0.25, 0.3) is 5.69 Å². The maximum atomic E-state index is 13.0. The number of benzene rings is 1. The molecule has 1 N–H and O–H groups in total. The first kappa shape index (κ1) is 12.9. The van der Waals surface area contributed by atoms with Crippen LogP contribution in [0.3, 0.4) is 0 Å². The monoisotopic (exact) mass is 308 g/mol. The molecular formula is C9H7BrClFN2O2. The van der Waals surface area contributed by atoms with Crippen LogP contribution in [0.25, 0.3) is 0 Å². The molecule has 0 amide bonds. The van der Waals surface area contributed by atoms with Gasteiger partial charge >= 0.3 is 0 Å². The van der Waals surface area contributed by atoms with Gasteiger partial charge in [-0.3, -0.25) is 10.1 Å². The highest BCUT2D eigenvalue weighted by molar-refractivity contribution is 9.11. The van der Waals surface area contributed by atoms with Crippen LogP contribution in [-0.4, -0.2) is 11.5 Å². The molecule has 0 bridgehead atoms. The molecular weight excluding hydrogens is 302 g/mol. The Morgan fingerprint density at radius 3 is 2.81 bits per heavy atom. The summed E-state index contributed by atoms with van der Waals surface area (Å²) in [5.41, 5.74) is -0.215. The van der Waals surface area contributed by atoms with Gasteiger partial charge in [-0.2, -0.15) is 0 Å². The molecule has 7 heteroatoms. The molecule has 16 heavy (non-hydrogen) atoms. The highest BCUT2D eigenvalue weighted by atomic mass is 79.9. The minimum Gasteiger partial charge on any atom is -0.375 e. The van der Waals surface area contributed by atoms with Crippen molar-refractivity contribution in [3.63, 3.8) is 0 Å². The van der Waals surface area contributed by atoms with Crippen LogP contribution in [0, 0.1) is 15.9 Å². The average molecular weight is 310 g/mol. The fourth-order valence-electron chi connectivity index (χ4n) is 1.02. The molecule has 0 heterocycles. The number of rotatable bonds is 4. The average Bonchev–Trinajstić information content (AvgIpc) is 2.18. The van der Waals surface area contributed by atoms with Crippen molar-refractivity contribution in [2.45, 2.75) is 0 Å². The summed E-state index contributed by atoms with van der Waals surface area (Å²) in [5.74, 6) is -0.823. The maximum Gasteiger partial charge on any atom is 0.295 e. The lowest BCUT2D eigenvalue weighted by molar-refractivity contribution is -0.384. The molecule has 0 saturated heterocycles. The Bertz CT molecular complexity index is 453. The van der Waals surface area contributed by atoms with Gasteiger partial charge in [0.05, 0.1) is 16.0 Å². The normalized spacial score (nSPS) is 9.94. The Hall–Kier alpha value is -1.14. The molecule has 1 aromatic carbocycles. The number of hydrogen-bond donors (Lipinski definition) is 1. The van der Waals surface area contributed by atoms with Gasteiger partial charge in [0.2, 0.25) is 0 Å². The zero-order valence-electron chi connectivity index (χ0n) is 7.97. The van der Waals surface area contributed by atoms with E-state index in [0.717, 1.165) is 6.07 Å². The van der Waals surface area contributed by atoms with Gasteiger partial charge < -0.3 is 5.32 Å². The minimum atomic E-state index is -0.823. The smallest absolute Gasteiger partial charge is 0.295 e. The molecule has 0 atom stereocenters. The van der Waals surface area contributed by atoms with Crippen molar-refractivity contribution in [3.05, 3.63) is 44.1 Å². The van der Waals surface area contributed by atoms with E-state index < -0.39 is 10.7 Å². The molecule has 0 unspecified atom stereocenters. The van der Waals surface area contributed by atoms with E-state index in [9.17, 15) is 14.5 Å². The summed E-state index contributed by atoms with van der Waals surface area (Å²) < 4.78 is 13.6. The number of halogens is 3. The molecule has 0 aliphatic heterocycles. The summed E-state index contributed by atoms with van der Waals surface area (Å²) in [6.45, 7) is 3.84. The molecule has 1 rings (SSSR count). The molecule has 0 fully saturated rings. The standard InChI is InChI=1S/C9H7BrClFN2O2/c1-5(10)4-13-8-2-6(11)7(12)3-9(8)14(15)16/h2-3,13H,1,4H2. The first-order valence-corrected chi connectivity index (χ1v) is 5.29. The molecule has 0 aromatic heterocycles. The second-order valence-corrected chi connectivity index (χ2v) is 4.44. The first-order valence-electron chi connectivity index (χ1n) is 4.12. The predicted molar refractivity (Wildman–Crippen MR) is 64.6 cm³/mol. The Labute approximate surface area is 104 Å². The van der Waals surface area contributed by atoms with Gasteiger partial charge in [-0.15, -0.1) is 0 Å². The summed E-state index contributed by atoms with van der Waals surface area (Å²) in [6.07, 6.45) is 0. The van der Waals surface area contributed by atoms with Crippen LogP contribution in [0.2, 0.25) is 5.02 Å². The molecule has 4 nitrogen and oxygen atoms in total. The molecule has 0 spiro atoms. The third-order valence-corrected chi connectivity index (χ3v) is 2.28. The lowest BCUT2D eigenvalue weighted by atomic mass is 10.2. The van der Waals surface area contributed by atoms with E-state index in [0.29, 0.717) is 4.48 Å². The lowest BCUT2D eigenvalue weighted by Gasteiger charge is -2.06. The van der Waals surface area contributed by atoms with E-state index >= 15 is 0 Å². The van der Waals surface area contributed by atoms with Gasteiger partial charge in [-0.1, -0.05) is 34.1 Å². The van der Waals surface area contributed by atoms with Crippen LogP contribution in [0.5, 0.6) is 0 Å². The second-order valence-electron chi connectivity index (χ2n) is 2.91. The third-order valence-electron chi connectivity index (χ3n) is 1.71. The molecule has 0 saturated carbocycles. The van der Waals surface area contributed by atoms with Crippen molar-refractivity contribution in [2.75, 3.05) is 11.9 Å². The number of nitrogens with one attached hydrogen (secondary N) is 1. The molecule has 0 aliphatic carbocycles. The van der Waals surface area contributed by atoms with E-state index in [1.165, 1.54) is 6.07 Å². The highest BCUT2D eigenvalue weighted by Crippen LogP contribution is 2.30. The van der Waals surface area contributed by atoms with Gasteiger partial charge in [-0.05, 0) is 6.07 Å². The number of hydrogen-bond acceptors (Lipinski definition) is 3.